The average molecular weight is 431 g/mol. The molecule has 1 atom stereocenters. The fraction of sp³-hybridized carbons (Fsp3) is 0.500. The molecule has 1 aromatic heterocycles. The van der Waals surface area contributed by atoms with Gasteiger partial charge in [0.25, 0.3) is 0 Å². The van der Waals surface area contributed by atoms with Gasteiger partial charge in [0.15, 0.2) is 11.5 Å². The number of hydrogen-bond donors (Lipinski definition) is 2. The standard InChI is InChI=1S/C18H23ClN4O4.ClH/c1-25-14-9-11(8-13(19)17(14)26-2)18-22-16(27-23-18)6-5-15(24)21-12-4-3-7-20-10-12;/h8-9,12,20H,3-7,10H2,1-2H3,(H,21,24);1H. The van der Waals surface area contributed by atoms with E-state index in [-0.39, 0.29) is 24.4 Å². The second-order valence-electron chi connectivity index (χ2n) is 6.32. The Hall–Kier alpha value is -2.03. The number of nitrogens with one attached hydrogen (secondary N) is 2. The van der Waals surface area contributed by atoms with E-state index in [1.807, 2.05) is 0 Å². The lowest BCUT2D eigenvalue weighted by molar-refractivity contribution is -0.121. The van der Waals surface area contributed by atoms with Gasteiger partial charge in [-0.2, -0.15) is 4.98 Å². The lowest BCUT2D eigenvalue weighted by Gasteiger charge is -2.23. The SMILES string of the molecule is COc1cc(-c2noc(CCC(=O)NC3CCCNC3)n2)cc(Cl)c1OC.Cl. The molecule has 2 N–H and O–H groups in total. The second kappa shape index (κ2) is 10.5. The summed E-state index contributed by atoms with van der Waals surface area (Å²) in [7, 11) is 3.05. The Morgan fingerprint density at radius 2 is 2.21 bits per heavy atom. The minimum atomic E-state index is -0.0161. The molecule has 0 spiro atoms. The summed E-state index contributed by atoms with van der Waals surface area (Å²) in [6, 6.07) is 3.60. The van der Waals surface area contributed by atoms with E-state index in [0.29, 0.717) is 46.6 Å². The van der Waals surface area contributed by atoms with Gasteiger partial charge in [-0.3, -0.25) is 4.79 Å². The fourth-order valence-electron chi connectivity index (χ4n) is 3.02. The molecule has 8 nitrogen and oxygen atoms in total. The van der Waals surface area contributed by atoms with Crippen LogP contribution in [0.25, 0.3) is 11.4 Å². The Labute approximate surface area is 174 Å². The number of halogens is 2. The predicted octanol–water partition coefficient (Wildman–Crippen LogP) is 2.63. The number of carbonyl (C=O) groups is 1. The van der Waals surface area contributed by atoms with Crippen molar-refractivity contribution in [3.63, 3.8) is 0 Å². The first kappa shape index (κ1) is 22.3. The van der Waals surface area contributed by atoms with Crippen LogP contribution in [0.5, 0.6) is 11.5 Å². The van der Waals surface area contributed by atoms with E-state index in [2.05, 4.69) is 20.8 Å². The number of ether oxygens (including phenoxy) is 2. The Morgan fingerprint density at radius 1 is 1.39 bits per heavy atom. The van der Waals surface area contributed by atoms with Crippen molar-refractivity contribution < 1.29 is 18.8 Å². The predicted molar refractivity (Wildman–Crippen MR) is 107 cm³/mol. The van der Waals surface area contributed by atoms with Crippen molar-refractivity contribution in [2.24, 2.45) is 0 Å². The number of methoxy groups -OCH3 is 2. The zero-order valence-electron chi connectivity index (χ0n) is 15.8. The first-order valence-electron chi connectivity index (χ1n) is 8.85. The van der Waals surface area contributed by atoms with Crippen LogP contribution in [-0.2, 0) is 11.2 Å². The summed E-state index contributed by atoms with van der Waals surface area (Å²) in [6.07, 6.45) is 2.75. The molecular formula is C18H24Cl2N4O4. The fourth-order valence-corrected chi connectivity index (χ4v) is 3.30. The third-order valence-electron chi connectivity index (χ3n) is 4.39. The van der Waals surface area contributed by atoms with E-state index in [0.717, 1.165) is 25.9 Å². The van der Waals surface area contributed by atoms with E-state index in [4.69, 9.17) is 25.6 Å². The molecule has 3 rings (SSSR count). The van der Waals surface area contributed by atoms with Crippen LogP contribution in [0.1, 0.15) is 25.2 Å². The molecule has 2 heterocycles. The van der Waals surface area contributed by atoms with E-state index in [1.165, 1.54) is 14.2 Å². The molecule has 28 heavy (non-hydrogen) atoms. The number of aryl methyl sites for hydroxylation is 1. The lowest BCUT2D eigenvalue weighted by atomic mass is 10.1. The maximum absolute atomic E-state index is 12.1. The summed E-state index contributed by atoms with van der Waals surface area (Å²) < 4.78 is 15.8. The molecule has 1 aromatic carbocycles. The molecule has 0 saturated carbocycles. The normalized spacial score (nSPS) is 16.2. The highest BCUT2D eigenvalue weighted by Gasteiger charge is 2.18. The highest BCUT2D eigenvalue weighted by atomic mass is 35.5. The van der Waals surface area contributed by atoms with E-state index in [9.17, 15) is 4.79 Å². The van der Waals surface area contributed by atoms with Crippen LogP contribution in [0.4, 0.5) is 0 Å². The van der Waals surface area contributed by atoms with Crippen molar-refractivity contribution in [2.45, 2.75) is 31.7 Å². The van der Waals surface area contributed by atoms with E-state index < -0.39 is 0 Å². The summed E-state index contributed by atoms with van der Waals surface area (Å²) in [5.74, 6) is 1.68. The quantitative estimate of drug-likeness (QED) is 0.696. The van der Waals surface area contributed by atoms with Gasteiger partial charge in [-0.25, -0.2) is 0 Å². The first-order valence-corrected chi connectivity index (χ1v) is 9.23. The molecule has 0 radical (unpaired) electrons. The topological polar surface area (TPSA) is 98.5 Å². The second-order valence-corrected chi connectivity index (χ2v) is 6.72. The summed E-state index contributed by atoms with van der Waals surface area (Å²) in [5, 5.41) is 10.7. The molecule has 1 unspecified atom stereocenters. The zero-order valence-corrected chi connectivity index (χ0v) is 17.4. The number of amides is 1. The maximum Gasteiger partial charge on any atom is 0.227 e. The van der Waals surface area contributed by atoms with Gasteiger partial charge in [-0.1, -0.05) is 16.8 Å². The van der Waals surface area contributed by atoms with Gasteiger partial charge >= 0.3 is 0 Å². The molecule has 1 amide bonds. The Bertz CT molecular complexity index is 794. The minimum absolute atomic E-state index is 0. The highest BCUT2D eigenvalue weighted by Crippen LogP contribution is 2.38. The van der Waals surface area contributed by atoms with E-state index in [1.54, 1.807) is 12.1 Å². The third kappa shape index (κ3) is 5.50. The molecule has 154 valence electrons. The summed E-state index contributed by atoms with van der Waals surface area (Å²) >= 11 is 6.22. The number of piperidine rings is 1. The van der Waals surface area contributed by atoms with Crippen LogP contribution in [0.3, 0.4) is 0 Å². The number of nitrogens with zero attached hydrogens (tertiary/aromatic N) is 2. The van der Waals surface area contributed by atoms with Crippen LogP contribution >= 0.6 is 24.0 Å². The summed E-state index contributed by atoms with van der Waals surface area (Å²) in [6.45, 7) is 1.83. The number of rotatable bonds is 7. The van der Waals surface area contributed by atoms with E-state index >= 15 is 0 Å². The van der Waals surface area contributed by atoms with Crippen molar-refractivity contribution in [3.05, 3.63) is 23.0 Å². The molecule has 0 aliphatic carbocycles. The van der Waals surface area contributed by atoms with Gasteiger partial charge in [0.1, 0.15) is 0 Å². The van der Waals surface area contributed by atoms with Crippen molar-refractivity contribution in [2.75, 3.05) is 27.3 Å². The number of benzene rings is 1. The van der Waals surface area contributed by atoms with Gasteiger partial charge in [-0.15, -0.1) is 12.4 Å². The van der Waals surface area contributed by atoms with Gasteiger partial charge < -0.3 is 24.6 Å². The largest absolute Gasteiger partial charge is 0.493 e. The molecule has 1 aliphatic heterocycles. The molecule has 1 aliphatic rings. The number of aromatic nitrogens is 2. The zero-order chi connectivity index (χ0) is 19.2. The van der Waals surface area contributed by atoms with Crippen LogP contribution < -0.4 is 20.1 Å². The van der Waals surface area contributed by atoms with Gasteiger partial charge in [0.05, 0.1) is 19.2 Å². The van der Waals surface area contributed by atoms with Crippen molar-refractivity contribution in [3.8, 4) is 22.9 Å². The molecule has 10 heteroatoms. The van der Waals surface area contributed by atoms with Crippen molar-refractivity contribution in [1.29, 1.82) is 0 Å². The summed E-state index contributed by atoms with van der Waals surface area (Å²) in [4.78, 5) is 16.4. The average Bonchev–Trinajstić information content (AvgIpc) is 3.15. The van der Waals surface area contributed by atoms with Crippen LogP contribution in [0, 0.1) is 0 Å². The van der Waals surface area contributed by atoms with Crippen LogP contribution in [-0.4, -0.2) is 49.4 Å². The van der Waals surface area contributed by atoms with Crippen LogP contribution in [0.2, 0.25) is 5.02 Å². The number of carbonyl (C=O) groups excluding carboxylic acids is 1. The van der Waals surface area contributed by atoms with Crippen LogP contribution in [0.15, 0.2) is 16.7 Å². The lowest BCUT2D eigenvalue weighted by Crippen LogP contribution is -2.45. The molecule has 0 bridgehead atoms. The Kier molecular flexibility index (Phi) is 8.35. The molecule has 2 aromatic rings. The first-order chi connectivity index (χ1) is 13.1. The number of hydrogen-bond acceptors (Lipinski definition) is 7. The molecular weight excluding hydrogens is 407 g/mol. The Morgan fingerprint density at radius 3 is 2.89 bits per heavy atom. The summed E-state index contributed by atoms with van der Waals surface area (Å²) in [5.41, 5.74) is 0.644. The minimum Gasteiger partial charge on any atom is -0.493 e. The van der Waals surface area contributed by atoms with Gasteiger partial charge in [0.2, 0.25) is 17.6 Å². The Balaban J connectivity index is 0.00000280. The third-order valence-corrected chi connectivity index (χ3v) is 4.67. The van der Waals surface area contributed by atoms with Crippen molar-refractivity contribution >= 4 is 29.9 Å². The van der Waals surface area contributed by atoms with Gasteiger partial charge in [-0.05, 0) is 31.5 Å². The smallest absolute Gasteiger partial charge is 0.227 e. The molecule has 1 saturated heterocycles. The van der Waals surface area contributed by atoms with Gasteiger partial charge in [0, 0.05) is 31.0 Å². The molecule has 1 fully saturated rings. The monoisotopic (exact) mass is 430 g/mol. The highest BCUT2D eigenvalue weighted by molar-refractivity contribution is 6.32. The maximum atomic E-state index is 12.1. The van der Waals surface area contributed by atoms with Crippen molar-refractivity contribution in [1.82, 2.24) is 20.8 Å².